The van der Waals surface area contributed by atoms with Gasteiger partial charge in [-0.25, -0.2) is 0 Å². The summed E-state index contributed by atoms with van der Waals surface area (Å²) >= 11 is 0. The van der Waals surface area contributed by atoms with Crippen LogP contribution in [-0.2, 0) is 123 Å². The van der Waals surface area contributed by atoms with E-state index in [0.717, 1.165) is 34.6 Å². The Kier molecular flexibility index (Phi) is 40.1. The quantitative estimate of drug-likeness (QED) is 0.0280. The molecule has 11 fully saturated rings. The van der Waals surface area contributed by atoms with E-state index in [2.05, 4.69) is 26.6 Å². The molecule has 60 nitrogen and oxygen atoms in total. The van der Waals surface area contributed by atoms with Crippen molar-refractivity contribution < 1.29 is 272 Å². The fraction of sp³-hybridized carbons (Fsp3) is 0.934. The summed E-state index contributed by atoms with van der Waals surface area (Å²) in [6, 6.07) is -9.69. The zero-order valence-electron chi connectivity index (χ0n) is 73.4. The van der Waals surface area contributed by atoms with E-state index in [1.54, 1.807) is 0 Å². The number of rotatable bonds is 35. The molecule has 0 aromatic rings. The SMILES string of the molecule is CC(=O)N[C@H]1[C@H](O[C@H]2[C@H](O)[C@@H](NC(C)=O)C(O)O[C@@H]2CO[C@@H]2O[C@@H](C)[C@@H](O)[C@@H](O)[C@@H]2O)O[C@H](CO)[C@@H](O[C@@H]2O[C@H](CO[C@H]3O[C@H](CO)[C@@H](O)[C@H](O)[C@@H]3O[C@@H]3O[C@H](CO)[C@@H](O[C@@H]4O[C@H](CO)[C@H](O)[C@H](O[C@H]5O[C@H](CO)[C@H](O)[C@H](O)[C@H]5O)[C@H]4O)[C@H](O)[C@H]3NC(C)=O)[C@@H](O)[C@H](O[C@H]3O[C@H](CO)[C@@H](O[C@@H]4O[C@H](CO)[C@@H](O)[C@H](O)[C@H]4NC(C)=O)[C@H](O)[C@@H]3O[C@@H]3O[C@H](CO)[C@@H](O)[C@H](O)[C@H]3NC(C)=O)[C@@H]2O)[C@@H]1O. The lowest BCUT2D eigenvalue weighted by molar-refractivity contribution is -0.403. The molecule has 0 radical (unpaired) electrons. The zero-order valence-corrected chi connectivity index (χ0v) is 73.4. The van der Waals surface area contributed by atoms with Crippen LogP contribution in [0.1, 0.15) is 41.5 Å². The number of ether oxygens (including phenoxy) is 21. The summed E-state index contributed by atoms with van der Waals surface area (Å²) < 4.78 is 126. The van der Waals surface area contributed by atoms with Crippen molar-refractivity contribution in [2.75, 3.05) is 66.1 Å². The predicted octanol–water partition coefficient (Wildman–Crippen LogP) is -23.2. The van der Waals surface area contributed by atoms with Crippen LogP contribution in [0.5, 0.6) is 0 Å². The van der Waals surface area contributed by atoms with Gasteiger partial charge in [-0.15, -0.1) is 0 Å². The molecular formula is C76H127N5O55. The Hall–Kier alpha value is -4.65. The Morgan fingerprint density at radius 2 is 0.463 bits per heavy atom. The highest BCUT2D eigenvalue weighted by molar-refractivity contribution is 5.75. The van der Waals surface area contributed by atoms with Gasteiger partial charge in [0.15, 0.2) is 69.2 Å². The first kappa shape index (κ1) is 112. The van der Waals surface area contributed by atoms with Crippen molar-refractivity contribution >= 4 is 29.5 Å². The molecule has 0 aromatic carbocycles. The maximum Gasteiger partial charge on any atom is 0.217 e. The molecule has 55 atom stereocenters. The van der Waals surface area contributed by atoms with Crippen LogP contribution in [0.3, 0.4) is 0 Å². The van der Waals surface area contributed by atoms with E-state index in [9.17, 15) is 172 Å². The molecule has 0 saturated carbocycles. The molecule has 786 valence electrons. The highest BCUT2D eigenvalue weighted by Crippen LogP contribution is 2.42. The summed E-state index contributed by atoms with van der Waals surface area (Å²) in [6.45, 7) is -5.54. The van der Waals surface area contributed by atoms with Gasteiger partial charge in [-0.05, 0) is 6.92 Å². The lowest BCUT2D eigenvalue weighted by Gasteiger charge is -2.52. The number of aliphatic hydroxyl groups is 29. The molecule has 34 N–H and O–H groups in total. The summed E-state index contributed by atoms with van der Waals surface area (Å²) in [5.41, 5.74) is 0. The van der Waals surface area contributed by atoms with E-state index < -0.39 is 433 Å². The number of hydrogen-bond donors (Lipinski definition) is 34. The second kappa shape index (κ2) is 48.8. The Bertz CT molecular complexity index is 3760. The third kappa shape index (κ3) is 24.8. The number of amides is 5. The number of carbonyl (C=O) groups is 5. The molecule has 11 saturated heterocycles. The van der Waals surface area contributed by atoms with Crippen LogP contribution in [0.25, 0.3) is 0 Å². The van der Waals surface area contributed by atoms with Crippen LogP contribution in [0.2, 0.25) is 0 Å². The molecule has 11 heterocycles. The van der Waals surface area contributed by atoms with Crippen molar-refractivity contribution in [3.63, 3.8) is 0 Å². The van der Waals surface area contributed by atoms with Crippen molar-refractivity contribution in [1.82, 2.24) is 26.6 Å². The highest BCUT2D eigenvalue weighted by atomic mass is 16.8. The molecule has 0 aliphatic carbocycles. The Balaban J connectivity index is 0.944. The van der Waals surface area contributed by atoms with Gasteiger partial charge in [0.25, 0.3) is 0 Å². The maximum absolute atomic E-state index is 13.4. The van der Waals surface area contributed by atoms with Crippen molar-refractivity contribution in [1.29, 1.82) is 0 Å². The third-order valence-corrected chi connectivity index (χ3v) is 24.9. The monoisotopic (exact) mass is 1990 g/mol. The Labute approximate surface area is 770 Å². The summed E-state index contributed by atoms with van der Waals surface area (Å²) in [7, 11) is 0. The number of carbonyl (C=O) groups excluding carboxylic acids is 5. The Morgan fingerprint density at radius 1 is 0.206 bits per heavy atom. The number of nitrogens with one attached hydrogen (secondary N) is 5. The van der Waals surface area contributed by atoms with Crippen molar-refractivity contribution in [3.8, 4) is 0 Å². The van der Waals surface area contributed by atoms with Crippen LogP contribution in [0.4, 0.5) is 0 Å². The molecule has 11 rings (SSSR count). The van der Waals surface area contributed by atoms with E-state index >= 15 is 0 Å². The minimum Gasteiger partial charge on any atom is -0.394 e. The second-order valence-corrected chi connectivity index (χ2v) is 34.5. The van der Waals surface area contributed by atoms with E-state index in [0.29, 0.717) is 0 Å². The van der Waals surface area contributed by atoms with Gasteiger partial charge in [-0.1, -0.05) is 0 Å². The molecule has 11 aliphatic rings. The molecule has 0 spiro atoms. The molecule has 0 bridgehead atoms. The second-order valence-electron chi connectivity index (χ2n) is 34.5. The van der Waals surface area contributed by atoms with Crippen LogP contribution in [0.15, 0.2) is 0 Å². The molecule has 11 aliphatic heterocycles. The number of hydrogen-bond acceptors (Lipinski definition) is 55. The average molecular weight is 1990 g/mol. The van der Waals surface area contributed by atoms with E-state index in [1.165, 1.54) is 6.92 Å². The third-order valence-electron chi connectivity index (χ3n) is 24.9. The standard InChI is InChI=1S/C76H127N5O55/c1-17-38(95)50(107)53(110)71(118-17)116-16-32-61(47(104)33(66(115)119-32)77-18(2)90)130-69-36(80-21(5)93)48(105)59(28(12-87)125-69)132-74-57(114)63(134-76-65(136-68-35(79-20(4)92)46(103)40(97)24(8-83)121-68)55(112)60(30(14-89)127-76)129-67-34(78-19(3)91)45(102)39(96)23(7-82)120-67)44(101)31(128-74)15-117-75-64(52(109)42(99)26(10-85)124-75)135-70-37(81-22(6)94)49(106)58(29(13-88)126-70)131-73-56(113)62(43(100)27(11-86)123-73)133-72-54(111)51(108)41(98)25(9-84)122-72/h17,23-76,82-89,95-115H,7-16H2,1-6H3,(H,77,90)(H,78,91)(H,79,92)(H,80,93)(H,81,94)/t17-,23+,24+,25+,26+,27+,28+,29+,30+,31+,32+,33+,34+,35+,36+,37+,38+,39+,40+,41-,42+,43-,44+,45+,46+,47+,48+,49+,50+,51-,52-,53-,54+,55-,56+,57-,58+,59+,60+,61+,62-,63-,64-,65-,66?,67-,68-,69-,70-,71+,72+,73-,74-,75-,76+/m0/s1. The smallest absolute Gasteiger partial charge is 0.217 e. The first-order valence-corrected chi connectivity index (χ1v) is 43.5. The summed E-state index contributed by atoms with van der Waals surface area (Å²) in [5, 5.41) is 339. The minimum absolute atomic E-state index is 0.866. The minimum atomic E-state index is -2.71. The van der Waals surface area contributed by atoms with Gasteiger partial charge >= 0.3 is 0 Å². The molecule has 1 unspecified atom stereocenters. The molecule has 136 heavy (non-hydrogen) atoms. The molecular weight excluding hydrogens is 1860 g/mol. The lowest BCUT2D eigenvalue weighted by Crippen LogP contribution is -2.71. The number of aliphatic hydroxyl groups excluding tert-OH is 29. The van der Waals surface area contributed by atoms with Crippen LogP contribution in [0, 0.1) is 0 Å². The average Bonchev–Trinajstić information content (AvgIpc) is 0.765. The van der Waals surface area contributed by atoms with Gasteiger partial charge in [-0.2, -0.15) is 0 Å². The van der Waals surface area contributed by atoms with Gasteiger partial charge in [0.05, 0.1) is 72.2 Å². The predicted molar refractivity (Wildman–Crippen MR) is 419 cm³/mol. The van der Waals surface area contributed by atoms with E-state index in [1.807, 2.05) is 0 Å². The largest absolute Gasteiger partial charge is 0.394 e. The fourth-order valence-corrected chi connectivity index (χ4v) is 17.7. The van der Waals surface area contributed by atoms with Crippen LogP contribution < -0.4 is 26.6 Å². The maximum atomic E-state index is 13.4. The van der Waals surface area contributed by atoms with Gasteiger partial charge < -0.3 is 274 Å². The summed E-state index contributed by atoms with van der Waals surface area (Å²) in [4.78, 5) is 64.7. The van der Waals surface area contributed by atoms with E-state index in [4.69, 9.17) is 99.5 Å². The van der Waals surface area contributed by atoms with Crippen LogP contribution in [-0.4, -0.2) is 581 Å². The lowest BCUT2D eigenvalue weighted by atomic mass is 9.93. The zero-order chi connectivity index (χ0) is 100. The normalized spacial score (nSPS) is 49.2. The first-order chi connectivity index (χ1) is 64.3. The van der Waals surface area contributed by atoms with Crippen molar-refractivity contribution in [3.05, 3.63) is 0 Å². The molecule has 5 amide bonds. The van der Waals surface area contributed by atoms with E-state index in [-0.39, 0.29) is 0 Å². The topological polar surface area (TPSA) is 926 Å². The van der Waals surface area contributed by atoms with Gasteiger partial charge in [0.1, 0.15) is 262 Å². The molecule has 60 heteroatoms. The fourth-order valence-electron chi connectivity index (χ4n) is 17.7. The first-order valence-electron chi connectivity index (χ1n) is 43.5. The summed E-state index contributed by atoms with van der Waals surface area (Å²) in [6.07, 6.45) is -106. The van der Waals surface area contributed by atoms with Crippen molar-refractivity contribution in [2.24, 2.45) is 0 Å². The van der Waals surface area contributed by atoms with Crippen LogP contribution >= 0.6 is 0 Å². The van der Waals surface area contributed by atoms with Gasteiger partial charge in [0.2, 0.25) is 29.5 Å². The molecule has 0 aromatic heterocycles. The van der Waals surface area contributed by atoms with Crippen molar-refractivity contribution in [2.45, 2.75) is 379 Å². The summed E-state index contributed by atoms with van der Waals surface area (Å²) in [5.74, 6) is -4.77. The highest BCUT2D eigenvalue weighted by Gasteiger charge is 2.63. The van der Waals surface area contributed by atoms with Gasteiger partial charge in [-0.3, -0.25) is 24.0 Å². The Morgan fingerprint density at radius 3 is 0.882 bits per heavy atom. The van der Waals surface area contributed by atoms with Gasteiger partial charge in [0, 0.05) is 34.6 Å².